The molecule has 0 heterocycles. The molecule has 0 saturated carbocycles. The molecular formula is C8H15NO. The minimum atomic E-state index is 0.619. The second kappa shape index (κ2) is 6.44. The summed E-state index contributed by atoms with van der Waals surface area (Å²) in [7, 11) is 0. The van der Waals surface area contributed by atoms with E-state index in [2.05, 4.69) is 30.8 Å². The Morgan fingerprint density at radius 3 is 2.30 bits per heavy atom. The fourth-order valence-corrected chi connectivity index (χ4v) is 0.602. The van der Waals surface area contributed by atoms with Gasteiger partial charge in [0.15, 0.2) is 6.73 Å². The van der Waals surface area contributed by atoms with E-state index >= 15 is 0 Å². The maximum Gasteiger partial charge on any atom is 0.154 e. The van der Waals surface area contributed by atoms with Gasteiger partial charge in [-0.15, -0.1) is 0 Å². The number of rotatable bonds is 4. The molecule has 0 amide bonds. The smallest absolute Gasteiger partial charge is 0.154 e. The molecule has 2 nitrogen and oxygen atoms in total. The second-order valence-electron chi connectivity index (χ2n) is 1.93. The first-order chi connectivity index (χ1) is 4.85. The van der Waals surface area contributed by atoms with Crippen molar-refractivity contribution in [2.24, 2.45) is 0 Å². The fraction of sp³-hybridized carbons (Fsp3) is 0.750. The summed E-state index contributed by atoms with van der Waals surface area (Å²) in [5.74, 6) is 2.67. The molecule has 0 N–H and O–H groups in total. The monoisotopic (exact) mass is 141 g/mol. The zero-order valence-electron chi connectivity index (χ0n) is 6.98. The van der Waals surface area contributed by atoms with Gasteiger partial charge in [-0.2, -0.15) is 0 Å². The SMILES string of the molecule is CC#COCN(CC)CC. The summed E-state index contributed by atoms with van der Waals surface area (Å²) in [4.78, 5) is 2.16. The van der Waals surface area contributed by atoms with Crippen LogP contribution in [0, 0.1) is 12.0 Å². The van der Waals surface area contributed by atoms with Gasteiger partial charge in [0, 0.05) is 6.92 Å². The van der Waals surface area contributed by atoms with Crippen molar-refractivity contribution < 1.29 is 4.74 Å². The highest BCUT2D eigenvalue weighted by molar-refractivity contribution is 4.84. The number of hydrogen-bond acceptors (Lipinski definition) is 2. The lowest BCUT2D eigenvalue weighted by molar-refractivity contribution is 0.114. The van der Waals surface area contributed by atoms with Gasteiger partial charge in [-0.3, -0.25) is 4.90 Å². The molecule has 0 aromatic heterocycles. The quantitative estimate of drug-likeness (QED) is 0.432. The zero-order chi connectivity index (χ0) is 7.82. The first kappa shape index (κ1) is 9.32. The predicted octanol–water partition coefficient (Wildman–Crippen LogP) is 1.28. The van der Waals surface area contributed by atoms with E-state index in [0.717, 1.165) is 13.1 Å². The Balaban J connectivity index is 3.31. The lowest BCUT2D eigenvalue weighted by Gasteiger charge is -2.14. The van der Waals surface area contributed by atoms with Gasteiger partial charge in [-0.25, -0.2) is 0 Å². The standard InChI is InChI=1S/C8H15NO/c1-4-7-10-8-9(5-2)6-3/h5-6,8H2,1-3H3. The molecule has 0 unspecified atom stereocenters. The molecule has 58 valence electrons. The molecule has 10 heavy (non-hydrogen) atoms. The van der Waals surface area contributed by atoms with Crippen LogP contribution in [0.25, 0.3) is 0 Å². The minimum absolute atomic E-state index is 0.619. The highest BCUT2D eigenvalue weighted by Gasteiger charge is 1.94. The van der Waals surface area contributed by atoms with Gasteiger partial charge in [-0.1, -0.05) is 19.8 Å². The van der Waals surface area contributed by atoms with E-state index in [0.29, 0.717) is 6.73 Å². The molecule has 0 bridgehead atoms. The molecule has 0 aliphatic heterocycles. The lowest BCUT2D eigenvalue weighted by Crippen LogP contribution is -2.24. The maximum atomic E-state index is 4.99. The molecule has 0 atom stereocenters. The zero-order valence-corrected chi connectivity index (χ0v) is 6.98. The van der Waals surface area contributed by atoms with Crippen molar-refractivity contribution in [3.63, 3.8) is 0 Å². The van der Waals surface area contributed by atoms with E-state index in [-0.39, 0.29) is 0 Å². The second-order valence-corrected chi connectivity index (χ2v) is 1.93. The van der Waals surface area contributed by atoms with Crippen LogP contribution in [0.2, 0.25) is 0 Å². The highest BCUT2D eigenvalue weighted by Crippen LogP contribution is 1.85. The Labute approximate surface area is 63.2 Å². The van der Waals surface area contributed by atoms with Gasteiger partial charge in [0.2, 0.25) is 0 Å². The Morgan fingerprint density at radius 1 is 1.30 bits per heavy atom. The summed E-state index contributed by atoms with van der Waals surface area (Å²) in [5.41, 5.74) is 0. The molecule has 0 rings (SSSR count). The first-order valence-electron chi connectivity index (χ1n) is 3.61. The largest absolute Gasteiger partial charge is 0.430 e. The van der Waals surface area contributed by atoms with E-state index in [1.807, 2.05) is 0 Å². The molecule has 0 spiro atoms. The molecule has 0 aromatic carbocycles. The van der Waals surface area contributed by atoms with Crippen LogP contribution in [0.1, 0.15) is 20.8 Å². The van der Waals surface area contributed by atoms with E-state index in [1.54, 1.807) is 6.92 Å². The van der Waals surface area contributed by atoms with Gasteiger partial charge in [0.25, 0.3) is 0 Å². The first-order valence-corrected chi connectivity index (χ1v) is 3.61. The van der Waals surface area contributed by atoms with Gasteiger partial charge >= 0.3 is 0 Å². The van der Waals surface area contributed by atoms with Crippen molar-refractivity contribution in [3.8, 4) is 12.0 Å². The van der Waals surface area contributed by atoms with Gasteiger partial charge in [-0.05, 0) is 13.1 Å². The number of ether oxygens (including phenoxy) is 1. The third-order valence-corrected chi connectivity index (χ3v) is 1.32. The van der Waals surface area contributed by atoms with E-state index in [9.17, 15) is 0 Å². The van der Waals surface area contributed by atoms with Crippen molar-refractivity contribution in [3.05, 3.63) is 0 Å². The highest BCUT2D eigenvalue weighted by atomic mass is 16.5. The van der Waals surface area contributed by atoms with Gasteiger partial charge < -0.3 is 4.74 Å². The van der Waals surface area contributed by atoms with Crippen LogP contribution in [0.5, 0.6) is 0 Å². The van der Waals surface area contributed by atoms with E-state index in [4.69, 9.17) is 4.74 Å². The molecule has 0 aromatic rings. The summed E-state index contributed by atoms with van der Waals surface area (Å²) in [6.45, 7) is 8.62. The van der Waals surface area contributed by atoms with Crippen LogP contribution in [0.4, 0.5) is 0 Å². The van der Waals surface area contributed by atoms with Crippen LogP contribution >= 0.6 is 0 Å². The molecule has 0 aliphatic carbocycles. The topological polar surface area (TPSA) is 12.5 Å². The summed E-state index contributed by atoms with van der Waals surface area (Å²) in [5, 5.41) is 0. The maximum absolute atomic E-state index is 4.99. The van der Waals surface area contributed by atoms with Crippen LogP contribution in [-0.2, 0) is 4.74 Å². The average Bonchev–Trinajstić information content (AvgIpc) is 1.99. The van der Waals surface area contributed by atoms with Crippen LogP contribution in [-0.4, -0.2) is 24.7 Å². The van der Waals surface area contributed by atoms with E-state index < -0.39 is 0 Å². The lowest BCUT2D eigenvalue weighted by atomic mass is 10.6. The number of hydrogen-bond donors (Lipinski definition) is 0. The summed E-state index contributed by atoms with van der Waals surface area (Å²) in [6, 6.07) is 0. The molecule has 0 aliphatic rings. The summed E-state index contributed by atoms with van der Waals surface area (Å²) >= 11 is 0. The third kappa shape index (κ3) is 4.22. The van der Waals surface area contributed by atoms with Crippen molar-refractivity contribution >= 4 is 0 Å². The summed E-state index contributed by atoms with van der Waals surface area (Å²) in [6.07, 6.45) is 2.56. The Hall–Kier alpha value is -0.680. The minimum Gasteiger partial charge on any atom is -0.430 e. The fourth-order valence-electron chi connectivity index (χ4n) is 0.602. The van der Waals surface area contributed by atoms with Crippen molar-refractivity contribution in [1.82, 2.24) is 4.90 Å². The average molecular weight is 141 g/mol. The van der Waals surface area contributed by atoms with Gasteiger partial charge in [0.1, 0.15) is 6.11 Å². The Kier molecular flexibility index (Phi) is 6.00. The molecular weight excluding hydrogens is 126 g/mol. The number of nitrogens with zero attached hydrogens (tertiary/aromatic N) is 1. The third-order valence-electron chi connectivity index (χ3n) is 1.32. The Bertz CT molecular complexity index is 119. The summed E-state index contributed by atoms with van der Waals surface area (Å²) < 4.78 is 4.99. The van der Waals surface area contributed by atoms with Crippen molar-refractivity contribution in [1.29, 1.82) is 0 Å². The molecule has 0 fully saturated rings. The van der Waals surface area contributed by atoms with E-state index in [1.165, 1.54) is 0 Å². The Morgan fingerprint density at radius 2 is 1.90 bits per heavy atom. The molecule has 0 radical (unpaired) electrons. The van der Waals surface area contributed by atoms with Gasteiger partial charge in [0.05, 0.1) is 0 Å². The predicted molar refractivity (Wildman–Crippen MR) is 42.3 cm³/mol. The molecule has 2 heteroatoms. The van der Waals surface area contributed by atoms with Crippen LogP contribution in [0.15, 0.2) is 0 Å². The van der Waals surface area contributed by atoms with Crippen molar-refractivity contribution in [2.75, 3.05) is 19.8 Å². The van der Waals surface area contributed by atoms with Crippen LogP contribution < -0.4 is 0 Å². The van der Waals surface area contributed by atoms with Crippen LogP contribution in [0.3, 0.4) is 0 Å². The normalized spacial score (nSPS) is 8.80. The van der Waals surface area contributed by atoms with Crippen molar-refractivity contribution in [2.45, 2.75) is 20.8 Å². The molecule has 0 saturated heterocycles.